The third-order valence-electron chi connectivity index (χ3n) is 32.5. The van der Waals surface area contributed by atoms with E-state index in [2.05, 4.69) is 371 Å². The number of pyridine rings is 5. The predicted octanol–water partition coefficient (Wildman–Crippen LogP) is 30.0. The molecule has 11 aromatic carbocycles. The van der Waals surface area contributed by atoms with E-state index in [4.69, 9.17) is 1.37 Å². The Morgan fingerprint density at radius 3 is 1.07 bits per heavy atom. The third-order valence-corrected chi connectivity index (χ3v) is 32.5. The maximum absolute atomic E-state index is 8.60. The third kappa shape index (κ3) is 18.0. The van der Waals surface area contributed by atoms with Crippen LogP contribution in [0.1, 0.15) is 276 Å². The van der Waals surface area contributed by atoms with Crippen LogP contribution >= 0.6 is 0 Å². The summed E-state index contributed by atoms with van der Waals surface area (Å²) in [7, 11) is 10.9. The second-order valence-electron chi connectivity index (χ2n) is 43.2. The van der Waals surface area contributed by atoms with Crippen LogP contribution in [-0.2, 0) is 105 Å². The molecule has 5 nitrogen and oxygen atoms in total. The van der Waals surface area contributed by atoms with Gasteiger partial charge in [-0.1, -0.05) is 164 Å². The fourth-order valence-corrected chi connectivity index (χ4v) is 23.7. The van der Waals surface area contributed by atoms with E-state index in [1.807, 2.05) is 13.1 Å². The first-order valence-corrected chi connectivity index (χ1v) is 50.9. The minimum absolute atomic E-state index is 0.145. The summed E-state index contributed by atoms with van der Waals surface area (Å²) in [5.74, 6) is 1.72. The van der Waals surface area contributed by atoms with Gasteiger partial charge in [-0.2, -0.15) is 18.3 Å². The molecular formula is C129H148N5+5. The molecule has 0 aliphatic heterocycles. The van der Waals surface area contributed by atoms with Crippen molar-refractivity contribution < 1.29 is 24.2 Å². The van der Waals surface area contributed by atoms with E-state index in [0.29, 0.717) is 18.0 Å². The van der Waals surface area contributed by atoms with Crippen molar-refractivity contribution in [3.8, 4) is 67.4 Å². The molecular weight excluding hydrogens is 1620 g/mol. The van der Waals surface area contributed by atoms with Gasteiger partial charge in [0.1, 0.15) is 36.6 Å². The Kier molecular flexibility index (Phi) is 25.7. The van der Waals surface area contributed by atoms with Crippen LogP contribution in [0.4, 0.5) is 0 Å². The van der Waals surface area contributed by atoms with Crippen molar-refractivity contribution in [2.45, 2.75) is 284 Å². The molecule has 5 heteroatoms. The van der Waals surface area contributed by atoms with E-state index >= 15 is 0 Å². The molecule has 0 N–H and O–H groups in total. The molecule has 0 bridgehead atoms. The van der Waals surface area contributed by atoms with Crippen molar-refractivity contribution in [1.82, 2.24) is 0 Å². The summed E-state index contributed by atoms with van der Waals surface area (Å²) >= 11 is 0. The Hall–Kier alpha value is -11.5. The average molecular weight is 1770 g/mol. The fraction of sp³-hybridized carbons (Fsp3) is 0.372. The molecule has 5 heterocycles. The molecule has 16 aromatic rings. The van der Waals surface area contributed by atoms with Crippen LogP contribution in [0.5, 0.6) is 0 Å². The molecule has 0 amide bonds. The SMILES string of the molecule is Cc1cc(C(C)(C)C)cc(-c2c3cc4c(cc3cc(C)[n+]2C)CCC4)c1C.Cc1cc(C)c(C)c(-c2c3cc4c(cc3cc(C)[n+]2C)CCC4)c1.Cc1cc(C2CCCC2)cc(-c2c3cc4c(cc3cc(C)[n+]2C)CCC4)c1C.Cc1ccc(-c2ccccc2)cc1-c1c2cc3c(cc2cc(C)[n+]1C)CCC3.[2H]c1cc2cc3c(cc2c(-c2cc(C(C)C)cc(C(C)C)c2C)[n+]1C)CCC3. The number of hydrogen-bond donors (Lipinski definition) is 0. The van der Waals surface area contributed by atoms with E-state index in [1.54, 1.807) is 44.5 Å². The molecule has 6 aliphatic rings. The van der Waals surface area contributed by atoms with Gasteiger partial charge in [-0.15, -0.1) is 0 Å². The second kappa shape index (κ2) is 37.6. The standard InChI is InChI=1S/C27H32N.C27H26N.2C26H32N.C23H26N/c1-17-12-23(20-8-5-6-9-20)16-25(19(17)3)27-26-15-22-11-7-10-21(22)14-24(26)13-18(2)28(27)4;1-18-12-13-23(20-8-5-4-6-9-20)16-25(18)27-26-17-22-11-7-10-21(22)15-24(26)14-19(2)28(27)3;1-16-11-22(26(4,5)6)15-23(18(16)3)25-24-14-20-10-8-9-19(20)13-21(24)12-17(2)27(25)7;1-16(2)22-14-23(17(3)4)18(5)24(15-22)26-25-13-20-9-7-8-19(20)12-21(25)10-11-27(26)6;1-14-9-15(2)17(4)21(10-14)23-22-13-19-8-6-7-18(19)12-20(22)11-16(3)24(23)5/h12-16,20H,5-11H2,1-4H3;4-6,8-9,12-17H,7,10-11H2,1-3H3;11-15H,8-10H2,1-7H3;10-17H,7-9H2,1-6H3;9-13H,6-8H2,1-5H3/q5*+1/i;;;11D;. The zero-order chi connectivity index (χ0) is 95.3. The van der Waals surface area contributed by atoms with Gasteiger partial charge in [0.05, 0.1) is 54.7 Å². The van der Waals surface area contributed by atoms with Crippen molar-refractivity contribution in [3.63, 3.8) is 0 Å². The Bertz CT molecular complexity index is 7460. The fourth-order valence-electron chi connectivity index (χ4n) is 23.7. The molecule has 1 fully saturated rings. The molecule has 22 rings (SSSR count). The summed E-state index contributed by atoms with van der Waals surface area (Å²) in [5, 5.41) is 13.7. The van der Waals surface area contributed by atoms with Crippen molar-refractivity contribution in [3.05, 3.63) is 345 Å². The monoisotopic (exact) mass is 1770 g/mol. The maximum Gasteiger partial charge on any atom is 0.220 e. The van der Waals surface area contributed by atoms with Gasteiger partial charge in [-0.25, -0.2) is 4.57 Å². The van der Waals surface area contributed by atoms with Gasteiger partial charge in [0.25, 0.3) is 0 Å². The highest BCUT2D eigenvalue weighted by Crippen LogP contribution is 2.45. The van der Waals surface area contributed by atoms with Crippen LogP contribution in [0, 0.1) is 90.0 Å². The summed E-state index contributed by atoms with van der Waals surface area (Å²) in [5.41, 5.74) is 55.0. The van der Waals surface area contributed by atoms with Crippen LogP contribution in [0.15, 0.2) is 194 Å². The zero-order valence-corrected chi connectivity index (χ0v) is 85.8. The molecule has 684 valence electrons. The van der Waals surface area contributed by atoms with Crippen LogP contribution in [0.2, 0.25) is 0 Å². The van der Waals surface area contributed by atoms with Crippen molar-refractivity contribution >= 4 is 53.9 Å². The van der Waals surface area contributed by atoms with E-state index < -0.39 is 0 Å². The van der Waals surface area contributed by atoms with E-state index in [-0.39, 0.29) is 5.41 Å². The lowest BCUT2D eigenvalue weighted by Crippen LogP contribution is -2.35. The molecule has 0 radical (unpaired) electrons. The topological polar surface area (TPSA) is 19.4 Å². The Morgan fingerprint density at radius 2 is 0.664 bits per heavy atom. The molecule has 0 saturated heterocycles. The van der Waals surface area contributed by atoms with E-state index in [0.717, 1.165) is 5.92 Å². The van der Waals surface area contributed by atoms with Gasteiger partial charge in [-0.05, 0) is 416 Å². The van der Waals surface area contributed by atoms with Crippen LogP contribution in [0.3, 0.4) is 0 Å². The first kappa shape index (κ1) is 91.6. The largest absolute Gasteiger partial charge is 0.220 e. The Balaban J connectivity index is 0.000000113. The predicted molar refractivity (Wildman–Crippen MR) is 568 cm³/mol. The normalized spacial score (nSPS) is 14.4. The number of rotatable bonds is 9. The Labute approximate surface area is 803 Å². The average Bonchev–Trinajstić information content (AvgIpc) is 1.73. The minimum Gasteiger partial charge on any atom is -0.200 e. The number of aromatic nitrogens is 5. The maximum atomic E-state index is 8.60. The van der Waals surface area contributed by atoms with Crippen LogP contribution in [0.25, 0.3) is 121 Å². The number of nitrogens with zero attached hydrogens (tertiary/aromatic N) is 5. The van der Waals surface area contributed by atoms with Gasteiger partial charge >= 0.3 is 0 Å². The van der Waals surface area contributed by atoms with Gasteiger partial charge < -0.3 is 0 Å². The summed E-state index contributed by atoms with van der Waals surface area (Å²) in [6, 6.07) is 72.6. The van der Waals surface area contributed by atoms with E-state index in [9.17, 15) is 0 Å². The lowest BCUT2D eigenvalue weighted by atomic mass is 9.82. The lowest BCUT2D eigenvalue weighted by molar-refractivity contribution is -0.665. The minimum atomic E-state index is 0.145. The van der Waals surface area contributed by atoms with Crippen molar-refractivity contribution in [2.75, 3.05) is 0 Å². The molecule has 134 heavy (non-hydrogen) atoms. The molecule has 0 spiro atoms. The molecule has 6 aliphatic carbocycles. The first-order valence-electron chi connectivity index (χ1n) is 51.4. The van der Waals surface area contributed by atoms with E-state index in [1.165, 1.54) is 349 Å². The van der Waals surface area contributed by atoms with Gasteiger partial charge in [-0.3, -0.25) is 0 Å². The second-order valence-corrected chi connectivity index (χ2v) is 43.2. The highest BCUT2D eigenvalue weighted by Gasteiger charge is 2.33. The number of hydrogen-bond acceptors (Lipinski definition) is 0. The number of aryl methyl sites for hydroxylation is 19. The Morgan fingerprint density at radius 1 is 0.299 bits per heavy atom. The summed E-state index contributed by atoms with van der Waals surface area (Å²) in [4.78, 5) is 0. The van der Waals surface area contributed by atoms with Crippen molar-refractivity contribution in [1.29, 1.82) is 0 Å². The lowest BCUT2D eigenvalue weighted by Gasteiger charge is -2.22. The smallest absolute Gasteiger partial charge is 0.200 e. The number of fused-ring (bicyclic) bond motifs is 10. The highest BCUT2D eigenvalue weighted by atomic mass is 15.0. The summed E-state index contributed by atoms with van der Waals surface area (Å²) in [6.07, 6.45) is 24.7. The quantitative estimate of drug-likeness (QED) is 0.128. The van der Waals surface area contributed by atoms with Gasteiger partial charge in [0.15, 0.2) is 28.9 Å². The molecule has 1 saturated carbocycles. The molecule has 0 atom stereocenters. The zero-order valence-electron chi connectivity index (χ0n) is 86.8. The van der Waals surface area contributed by atoms with Crippen molar-refractivity contribution in [2.24, 2.45) is 35.2 Å². The number of benzene rings is 11. The van der Waals surface area contributed by atoms with Gasteiger partial charge in [0, 0.05) is 58.0 Å². The van der Waals surface area contributed by atoms with Crippen LogP contribution in [-0.4, -0.2) is 0 Å². The van der Waals surface area contributed by atoms with Gasteiger partial charge in [0.2, 0.25) is 28.5 Å². The summed E-state index contributed by atoms with van der Waals surface area (Å²) in [6.45, 7) is 45.2. The summed E-state index contributed by atoms with van der Waals surface area (Å²) < 4.78 is 20.2. The molecule has 5 aromatic heterocycles. The molecule has 0 unspecified atom stereocenters. The highest BCUT2D eigenvalue weighted by molar-refractivity contribution is 6.00. The first-order chi connectivity index (χ1) is 64.5. The van der Waals surface area contributed by atoms with Crippen LogP contribution < -0.4 is 22.8 Å².